The summed E-state index contributed by atoms with van der Waals surface area (Å²) in [7, 11) is 0. The second kappa shape index (κ2) is 33.9. The van der Waals surface area contributed by atoms with Gasteiger partial charge < -0.3 is 15.5 Å². The predicted molar refractivity (Wildman–Crippen MR) is 179 cm³/mol. The minimum atomic E-state index is -0.651. The second-order valence-corrected chi connectivity index (χ2v) is 13.0. The van der Waals surface area contributed by atoms with Crippen LogP contribution in [-0.2, 0) is 4.79 Å². The summed E-state index contributed by atoms with van der Waals surface area (Å²) >= 11 is 0. The Morgan fingerprint density at radius 3 is 1.10 bits per heavy atom. The molecule has 0 saturated heterocycles. The van der Waals surface area contributed by atoms with Crippen LogP contribution in [0.2, 0.25) is 0 Å². The third-order valence-electron chi connectivity index (χ3n) is 8.87. The summed E-state index contributed by atoms with van der Waals surface area (Å²) in [4.78, 5) is 12.3. The van der Waals surface area contributed by atoms with E-state index in [0.29, 0.717) is 12.8 Å². The number of carbonyl (C=O) groups excluding carboxylic acids is 1. The first kappa shape index (κ1) is 40.4. The Kier molecular flexibility index (Phi) is 33.4. The second-order valence-electron chi connectivity index (χ2n) is 13.0. The van der Waals surface area contributed by atoms with Crippen LogP contribution in [0.3, 0.4) is 0 Å². The first-order valence-electron chi connectivity index (χ1n) is 18.7. The van der Waals surface area contributed by atoms with Crippen LogP contribution in [0.25, 0.3) is 0 Å². The van der Waals surface area contributed by atoms with Gasteiger partial charge in [-0.05, 0) is 12.8 Å². The maximum absolute atomic E-state index is 12.3. The average Bonchev–Trinajstić information content (AvgIpc) is 2.97. The number of nitrogens with one attached hydrogen (secondary N) is 1. The molecule has 41 heavy (non-hydrogen) atoms. The molecule has 0 rings (SSSR count). The van der Waals surface area contributed by atoms with Gasteiger partial charge in [0.05, 0.1) is 18.8 Å². The van der Waals surface area contributed by atoms with E-state index in [1.165, 1.54) is 161 Å². The Hall–Kier alpha value is -0.610. The van der Waals surface area contributed by atoms with Gasteiger partial charge in [0.25, 0.3) is 0 Å². The summed E-state index contributed by atoms with van der Waals surface area (Å²) < 4.78 is 0. The van der Waals surface area contributed by atoms with Crippen LogP contribution in [0.5, 0.6) is 0 Å². The van der Waals surface area contributed by atoms with Crippen molar-refractivity contribution in [2.45, 2.75) is 225 Å². The van der Waals surface area contributed by atoms with Crippen molar-refractivity contribution >= 4 is 5.91 Å². The van der Waals surface area contributed by atoms with Crippen LogP contribution < -0.4 is 5.32 Å². The minimum Gasteiger partial charge on any atom is -0.394 e. The van der Waals surface area contributed by atoms with Gasteiger partial charge in [-0.2, -0.15) is 0 Å². The number of hydrogen-bond donors (Lipinski definition) is 3. The van der Waals surface area contributed by atoms with E-state index in [2.05, 4.69) is 19.2 Å². The fourth-order valence-electron chi connectivity index (χ4n) is 5.95. The van der Waals surface area contributed by atoms with Crippen molar-refractivity contribution in [3.05, 3.63) is 0 Å². The number of amides is 1. The van der Waals surface area contributed by atoms with E-state index in [1.54, 1.807) is 0 Å². The molecule has 0 fully saturated rings. The van der Waals surface area contributed by atoms with E-state index >= 15 is 0 Å². The molecule has 0 bridgehead atoms. The molecule has 0 spiro atoms. The molecule has 0 aromatic rings. The lowest BCUT2D eigenvalue weighted by Crippen LogP contribution is -2.45. The van der Waals surface area contributed by atoms with Gasteiger partial charge in [0.2, 0.25) is 5.91 Å². The zero-order valence-electron chi connectivity index (χ0n) is 28.1. The van der Waals surface area contributed by atoms with Crippen molar-refractivity contribution in [3.8, 4) is 0 Å². The Balaban J connectivity index is 3.52. The molecule has 0 radical (unpaired) electrons. The lowest BCUT2D eigenvalue weighted by Gasteiger charge is -2.22. The molecular formula is C37H75NO3. The number of rotatable bonds is 34. The number of hydrogen-bond acceptors (Lipinski definition) is 3. The summed E-state index contributed by atoms with van der Waals surface area (Å²) in [5.74, 6) is -0.0295. The van der Waals surface area contributed by atoms with Crippen molar-refractivity contribution in [2.24, 2.45) is 0 Å². The van der Waals surface area contributed by atoms with E-state index in [0.717, 1.165) is 25.7 Å². The summed E-state index contributed by atoms with van der Waals surface area (Å²) in [6, 6.07) is -0.527. The summed E-state index contributed by atoms with van der Waals surface area (Å²) in [6.45, 7) is 4.36. The van der Waals surface area contributed by atoms with Gasteiger partial charge in [-0.3, -0.25) is 4.79 Å². The first-order valence-corrected chi connectivity index (χ1v) is 18.7. The molecule has 246 valence electrons. The average molecular weight is 582 g/mol. The van der Waals surface area contributed by atoms with Crippen molar-refractivity contribution in [1.82, 2.24) is 5.32 Å². The quantitative estimate of drug-likeness (QED) is 0.0662. The summed E-state index contributed by atoms with van der Waals surface area (Å²) in [6.07, 6.45) is 38.7. The molecular weight excluding hydrogens is 506 g/mol. The molecule has 0 aromatic carbocycles. The van der Waals surface area contributed by atoms with Crippen LogP contribution in [0.4, 0.5) is 0 Å². The lowest BCUT2D eigenvalue weighted by atomic mass is 10.0. The van der Waals surface area contributed by atoms with Gasteiger partial charge in [0.1, 0.15) is 0 Å². The Morgan fingerprint density at radius 1 is 0.488 bits per heavy atom. The zero-order chi connectivity index (χ0) is 30.1. The highest BCUT2D eigenvalue weighted by Crippen LogP contribution is 2.16. The molecule has 2 unspecified atom stereocenters. The van der Waals surface area contributed by atoms with Crippen LogP contribution in [-0.4, -0.2) is 34.9 Å². The van der Waals surface area contributed by atoms with Gasteiger partial charge in [0, 0.05) is 6.42 Å². The van der Waals surface area contributed by atoms with Crippen molar-refractivity contribution in [3.63, 3.8) is 0 Å². The topological polar surface area (TPSA) is 69.6 Å². The summed E-state index contributed by atoms with van der Waals surface area (Å²) in [5, 5.41) is 23.0. The number of aliphatic hydroxyl groups excluding tert-OH is 2. The van der Waals surface area contributed by atoms with E-state index in [9.17, 15) is 15.0 Å². The number of unbranched alkanes of at least 4 members (excludes halogenated alkanes) is 27. The molecule has 4 nitrogen and oxygen atoms in total. The van der Waals surface area contributed by atoms with Crippen LogP contribution in [0.15, 0.2) is 0 Å². The molecule has 2 atom stereocenters. The zero-order valence-corrected chi connectivity index (χ0v) is 28.1. The predicted octanol–water partition coefficient (Wildman–Crippen LogP) is 11.0. The van der Waals surface area contributed by atoms with Crippen LogP contribution in [0.1, 0.15) is 213 Å². The third-order valence-corrected chi connectivity index (χ3v) is 8.87. The Morgan fingerprint density at radius 2 is 0.780 bits per heavy atom. The molecule has 0 aromatic heterocycles. The van der Waals surface area contributed by atoms with Gasteiger partial charge >= 0.3 is 0 Å². The molecule has 0 aliphatic carbocycles. The molecule has 0 aliphatic rings. The molecule has 0 aliphatic heterocycles. The van der Waals surface area contributed by atoms with Crippen molar-refractivity contribution < 1.29 is 15.0 Å². The highest BCUT2D eigenvalue weighted by atomic mass is 16.3. The van der Waals surface area contributed by atoms with Crippen LogP contribution >= 0.6 is 0 Å². The van der Waals surface area contributed by atoms with Gasteiger partial charge in [0.15, 0.2) is 0 Å². The maximum Gasteiger partial charge on any atom is 0.220 e. The van der Waals surface area contributed by atoms with Crippen LogP contribution in [0, 0.1) is 0 Å². The fourth-order valence-corrected chi connectivity index (χ4v) is 5.95. The highest BCUT2D eigenvalue weighted by molar-refractivity contribution is 5.76. The van der Waals surface area contributed by atoms with Gasteiger partial charge in [-0.25, -0.2) is 0 Å². The maximum atomic E-state index is 12.3. The molecule has 1 amide bonds. The largest absolute Gasteiger partial charge is 0.394 e. The summed E-state index contributed by atoms with van der Waals surface area (Å²) in [5.41, 5.74) is 0. The lowest BCUT2D eigenvalue weighted by molar-refractivity contribution is -0.123. The molecule has 0 saturated carbocycles. The van der Waals surface area contributed by atoms with E-state index in [-0.39, 0.29) is 12.5 Å². The SMILES string of the molecule is CCCCCCCCCCCCCCCCCCC(O)C(CO)NC(=O)CCCCCCCCCCCCCCC. The highest BCUT2D eigenvalue weighted by Gasteiger charge is 2.19. The Labute approximate surface area is 257 Å². The third kappa shape index (κ3) is 30.6. The standard InChI is InChI=1S/C37H75NO3/c1-3-5-7-9-11-13-15-17-18-19-21-22-24-26-28-30-32-36(40)35(34-39)38-37(41)33-31-29-27-25-23-20-16-14-12-10-8-6-4-2/h35-36,39-40H,3-34H2,1-2H3,(H,38,41). The number of carbonyl (C=O) groups is 1. The van der Waals surface area contributed by atoms with Gasteiger partial charge in [-0.15, -0.1) is 0 Å². The normalized spacial score (nSPS) is 13.0. The number of aliphatic hydroxyl groups is 2. The molecule has 0 heterocycles. The van der Waals surface area contributed by atoms with Crippen molar-refractivity contribution in [2.75, 3.05) is 6.61 Å². The molecule has 3 N–H and O–H groups in total. The van der Waals surface area contributed by atoms with E-state index in [1.807, 2.05) is 0 Å². The Bertz CT molecular complexity index is 512. The smallest absolute Gasteiger partial charge is 0.220 e. The fraction of sp³-hybridized carbons (Fsp3) is 0.973. The monoisotopic (exact) mass is 582 g/mol. The minimum absolute atomic E-state index is 0.0295. The van der Waals surface area contributed by atoms with E-state index in [4.69, 9.17) is 0 Å². The van der Waals surface area contributed by atoms with Crippen molar-refractivity contribution in [1.29, 1.82) is 0 Å². The molecule has 4 heteroatoms. The first-order chi connectivity index (χ1) is 20.2. The van der Waals surface area contributed by atoms with Gasteiger partial charge in [-0.1, -0.05) is 194 Å². The van der Waals surface area contributed by atoms with E-state index < -0.39 is 12.1 Å².